The Morgan fingerprint density at radius 1 is 1.16 bits per heavy atom. The van der Waals surface area contributed by atoms with Crippen molar-refractivity contribution in [2.75, 3.05) is 0 Å². The van der Waals surface area contributed by atoms with Crippen LogP contribution in [-0.4, -0.2) is 12.1 Å². The number of hydrogen-bond acceptors (Lipinski definition) is 1. The lowest BCUT2D eigenvalue weighted by molar-refractivity contribution is 0.258. The van der Waals surface area contributed by atoms with E-state index in [9.17, 15) is 8.78 Å². The van der Waals surface area contributed by atoms with E-state index in [0.717, 1.165) is 5.92 Å². The van der Waals surface area contributed by atoms with Crippen LogP contribution < -0.4 is 5.32 Å². The van der Waals surface area contributed by atoms with E-state index >= 15 is 0 Å². The second-order valence-electron chi connectivity index (χ2n) is 5.91. The maximum atomic E-state index is 13.6. The summed E-state index contributed by atoms with van der Waals surface area (Å²) in [5.74, 6) is -0.0412. The van der Waals surface area contributed by atoms with Gasteiger partial charge in [-0.15, -0.1) is 0 Å². The summed E-state index contributed by atoms with van der Waals surface area (Å²) < 4.78 is 27.1. The monoisotopic (exact) mass is 267 g/mol. The summed E-state index contributed by atoms with van der Waals surface area (Å²) in [6.07, 6.45) is 5.59. The molecule has 1 N–H and O–H groups in total. The van der Waals surface area contributed by atoms with E-state index in [1.165, 1.54) is 43.9 Å². The van der Waals surface area contributed by atoms with Crippen molar-refractivity contribution >= 4 is 0 Å². The lowest BCUT2D eigenvalue weighted by Crippen LogP contribution is -2.38. The molecule has 0 bridgehead atoms. The molecule has 3 heteroatoms. The number of rotatable bonds is 6. The Balaban J connectivity index is 1.84. The average Bonchev–Trinajstić information content (AvgIpc) is 2.29. The third-order valence-corrected chi connectivity index (χ3v) is 4.05. The second-order valence-corrected chi connectivity index (χ2v) is 5.91. The molecule has 0 aliphatic heterocycles. The fourth-order valence-electron chi connectivity index (χ4n) is 2.87. The topological polar surface area (TPSA) is 12.0 Å². The predicted molar refractivity (Wildman–Crippen MR) is 74.1 cm³/mol. The van der Waals surface area contributed by atoms with Crippen molar-refractivity contribution in [2.24, 2.45) is 5.92 Å². The van der Waals surface area contributed by atoms with Crippen molar-refractivity contribution in [2.45, 2.75) is 58.0 Å². The van der Waals surface area contributed by atoms with Gasteiger partial charge in [-0.2, -0.15) is 0 Å². The molecule has 2 rings (SSSR count). The van der Waals surface area contributed by atoms with Gasteiger partial charge in [0.15, 0.2) is 0 Å². The fourth-order valence-corrected chi connectivity index (χ4v) is 2.87. The van der Waals surface area contributed by atoms with E-state index < -0.39 is 11.6 Å². The normalized spacial score (nSPS) is 18.9. The lowest BCUT2D eigenvalue weighted by Gasteiger charge is -2.30. The van der Waals surface area contributed by atoms with E-state index in [-0.39, 0.29) is 11.6 Å². The van der Waals surface area contributed by atoms with Crippen LogP contribution in [0.1, 0.15) is 45.1 Å². The molecule has 1 aromatic carbocycles. The molecule has 2 unspecified atom stereocenters. The van der Waals surface area contributed by atoms with Gasteiger partial charge in [-0.05, 0) is 44.7 Å². The van der Waals surface area contributed by atoms with Crippen LogP contribution in [0.15, 0.2) is 18.2 Å². The molecule has 0 radical (unpaired) electrons. The zero-order chi connectivity index (χ0) is 13.8. The highest BCUT2D eigenvalue weighted by Gasteiger charge is 2.21. The summed E-state index contributed by atoms with van der Waals surface area (Å²) in [6.45, 7) is 4.15. The van der Waals surface area contributed by atoms with Gasteiger partial charge in [0, 0.05) is 17.6 Å². The maximum absolute atomic E-state index is 13.6. The molecule has 0 heterocycles. The van der Waals surface area contributed by atoms with Gasteiger partial charge in [0.2, 0.25) is 0 Å². The number of nitrogens with one attached hydrogen (secondary N) is 1. The Hall–Kier alpha value is -0.960. The second kappa shape index (κ2) is 6.47. The third kappa shape index (κ3) is 4.00. The van der Waals surface area contributed by atoms with E-state index in [0.29, 0.717) is 12.5 Å². The summed E-state index contributed by atoms with van der Waals surface area (Å²) in [6, 6.07) is 4.55. The van der Waals surface area contributed by atoms with Gasteiger partial charge in [0.1, 0.15) is 11.6 Å². The van der Waals surface area contributed by atoms with E-state index in [1.807, 2.05) is 6.92 Å². The molecule has 1 aliphatic carbocycles. The summed E-state index contributed by atoms with van der Waals surface area (Å²) in [7, 11) is 0. The molecule has 2 atom stereocenters. The highest BCUT2D eigenvalue weighted by Crippen LogP contribution is 2.30. The largest absolute Gasteiger partial charge is 0.311 e. The van der Waals surface area contributed by atoms with Crippen molar-refractivity contribution in [3.63, 3.8) is 0 Å². The van der Waals surface area contributed by atoms with E-state index in [2.05, 4.69) is 12.2 Å². The first kappa shape index (κ1) is 14.4. The lowest BCUT2D eigenvalue weighted by atomic mass is 9.81. The van der Waals surface area contributed by atoms with Gasteiger partial charge < -0.3 is 5.32 Å². The average molecular weight is 267 g/mol. The van der Waals surface area contributed by atoms with Crippen molar-refractivity contribution in [1.82, 2.24) is 5.32 Å². The fraction of sp³-hybridized carbons (Fsp3) is 0.625. The predicted octanol–water partition coefficient (Wildman–Crippen LogP) is 4.06. The van der Waals surface area contributed by atoms with Gasteiger partial charge in [0.25, 0.3) is 0 Å². The van der Waals surface area contributed by atoms with E-state index in [4.69, 9.17) is 0 Å². The minimum absolute atomic E-state index is 0.0847. The van der Waals surface area contributed by atoms with Crippen molar-refractivity contribution in [3.05, 3.63) is 35.4 Å². The molecule has 106 valence electrons. The Kier molecular flexibility index (Phi) is 4.92. The van der Waals surface area contributed by atoms with Crippen LogP contribution in [0.3, 0.4) is 0 Å². The molecular weight excluding hydrogens is 244 g/mol. The number of halogens is 2. The first-order valence-electron chi connectivity index (χ1n) is 7.25. The molecule has 1 aromatic rings. The Labute approximate surface area is 114 Å². The smallest absolute Gasteiger partial charge is 0.129 e. The summed E-state index contributed by atoms with van der Waals surface area (Å²) in [5.41, 5.74) is 0.193. The zero-order valence-corrected chi connectivity index (χ0v) is 11.8. The molecule has 1 fully saturated rings. The SMILES string of the molecule is CC(Cc1c(F)cccc1F)NC(C)CC1CCC1. The van der Waals surface area contributed by atoms with Crippen molar-refractivity contribution < 1.29 is 8.78 Å². The maximum Gasteiger partial charge on any atom is 0.129 e. The zero-order valence-electron chi connectivity index (χ0n) is 11.8. The standard InChI is InChI=1S/C16H23F2N/c1-11(9-13-5-3-6-13)19-12(2)10-14-15(17)7-4-8-16(14)18/h4,7-8,11-13,19H,3,5-6,9-10H2,1-2H3. The minimum Gasteiger partial charge on any atom is -0.311 e. The van der Waals surface area contributed by atoms with Crippen LogP contribution >= 0.6 is 0 Å². The third-order valence-electron chi connectivity index (χ3n) is 4.05. The highest BCUT2D eigenvalue weighted by atomic mass is 19.1. The summed E-state index contributed by atoms with van der Waals surface area (Å²) in [4.78, 5) is 0. The van der Waals surface area contributed by atoms with Crippen LogP contribution in [0.5, 0.6) is 0 Å². The molecular formula is C16H23F2N. The van der Waals surface area contributed by atoms with Gasteiger partial charge in [0.05, 0.1) is 0 Å². The molecule has 0 amide bonds. The minimum atomic E-state index is -0.444. The van der Waals surface area contributed by atoms with Crippen LogP contribution in [0.25, 0.3) is 0 Å². The quantitative estimate of drug-likeness (QED) is 0.819. The van der Waals surface area contributed by atoms with Crippen LogP contribution in [0, 0.1) is 17.6 Å². The molecule has 1 aliphatic rings. The molecule has 0 spiro atoms. The van der Waals surface area contributed by atoms with E-state index in [1.54, 1.807) is 0 Å². The molecule has 19 heavy (non-hydrogen) atoms. The van der Waals surface area contributed by atoms with Gasteiger partial charge in [-0.25, -0.2) is 8.78 Å². The molecule has 0 aromatic heterocycles. The number of benzene rings is 1. The van der Waals surface area contributed by atoms with Crippen LogP contribution in [0.2, 0.25) is 0 Å². The first-order chi connectivity index (χ1) is 9.06. The van der Waals surface area contributed by atoms with Gasteiger partial charge >= 0.3 is 0 Å². The summed E-state index contributed by atoms with van der Waals surface area (Å²) in [5, 5.41) is 3.45. The van der Waals surface area contributed by atoms with Gasteiger partial charge in [-0.1, -0.05) is 25.3 Å². The Morgan fingerprint density at radius 2 is 1.79 bits per heavy atom. The summed E-state index contributed by atoms with van der Waals surface area (Å²) >= 11 is 0. The molecule has 1 saturated carbocycles. The van der Waals surface area contributed by atoms with Crippen LogP contribution in [-0.2, 0) is 6.42 Å². The Bertz CT molecular complexity index is 395. The molecule has 0 saturated heterocycles. The van der Waals surface area contributed by atoms with Gasteiger partial charge in [-0.3, -0.25) is 0 Å². The molecule has 1 nitrogen and oxygen atoms in total. The first-order valence-corrected chi connectivity index (χ1v) is 7.25. The number of hydrogen-bond donors (Lipinski definition) is 1. The van der Waals surface area contributed by atoms with Crippen molar-refractivity contribution in [3.8, 4) is 0 Å². The van der Waals surface area contributed by atoms with Crippen molar-refractivity contribution in [1.29, 1.82) is 0 Å². The Morgan fingerprint density at radius 3 is 2.32 bits per heavy atom. The highest BCUT2D eigenvalue weighted by molar-refractivity contribution is 5.20. The van der Waals surface area contributed by atoms with Crippen LogP contribution in [0.4, 0.5) is 8.78 Å².